The molecular formula is C18H17BrO5. The fourth-order valence-corrected chi connectivity index (χ4v) is 2.32. The number of carbonyl (C=O) groups excluding carboxylic acids is 2. The lowest BCUT2D eigenvalue weighted by molar-refractivity contribution is -0.161. The van der Waals surface area contributed by atoms with E-state index in [1.807, 2.05) is 24.3 Å². The van der Waals surface area contributed by atoms with E-state index in [9.17, 15) is 9.59 Å². The Bertz CT molecular complexity index is 684. The van der Waals surface area contributed by atoms with Gasteiger partial charge < -0.3 is 14.2 Å². The van der Waals surface area contributed by atoms with E-state index < -0.39 is 30.3 Å². The molecule has 0 unspecified atom stereocenters. The average molecular weight is 393 g/mol. The van der Waals surface area contributed by atoms with E-state index in [0.717, 1.165) is 10.0 Å². The molecule has 0 fully saturated rings. The molecule has 1 aromatic carbocycles. The van der Waals surface area contributed by atoms with Crippen LogP contribution in [0.15, 0.2) is 40.9 Å². The van der Waals surface area contributed by atoms with Crippen LogP contribution in [-0.2, 0) is 23.8 Å². The van der Waals surface area contributed by atoms with Gasteiger partial charge in [-0.05, 0) is 36.4 Å². The standard InChI is InChI=1S/C18H17BrO5/c1-12(20)22-11-18-17(23-13(2)21)10-9-16(24-18)8-5-14-3-6-15(19)7-4-14/h3-4,6-7,9-10,16-18H,11H2,1-2H3/t16-,17-,18-/m1/s1. The summed E-state index contributed by atoms with van der Waals surface area (Å²) in [5, 5.41) is 0. The van der Waals surface area contributed by atoms with E-state index in [0.29, 0.717) is 0 Å². The van der Waals surface area contributed by atoms with Crippen molar-refractivity contribution in [3.63, 3.8) is 0 Å². The van der Waals surface area contributed by atoms with Crippen LogP contribution in [0.4, 0.5) is 0 Å². The molecule has 0 aliphatic carbocycles. The maximum Gasteiger partial charge on any atom is 0.303 e. The molecule has 0 N–H and O–H groups in total. The van der Waals surface area contributed by atoms with Gasteiger partial charge in [0, 0.05) is 23.9 Å². The minimum absolute atomic E-state index is 0.00587. The van der Waals surface area contributed by atoms with Crippen LogP contribution in [0.25, 0.3) is 0 Å². The van der Waals surface area contributed by atoms with Gasteiger partial charge in [-0.3, -0.25) is 9.59 Å². The van der Waals surface area contributed by atoms with Crippen LogP contribution in [-0.4, -0.2) is 36.9 Å². The molecule has 0 bridgehead atoms. The molecule has 1 aliphatic rings. The van der Waals surface area contributed by atoms with E-state index in [1.165, 1.54) is 13.8 Å². The number of ether oxygens (including phenoxy) is 3. The summed E-state index contributed by atoms with van der Waals surface area (Å²) in [6, 6.07) is 7.59. The van der Waals surface area contributed by atoms with Crippen LogP contribution in [0.2, 0.25) is 0 Å². The number of carbonyl (C=O) groups is 2. The van der Waals surface area contributed by atoms with Crippen LogP contribution in [0.3, 0.4) is 0 Å². The van der Waals surface area contributed by atoms with Gasteiger partial charge >= 0.3 is 11.9 Å². The third-order valence-corrected chi connectivity index (χ3v) is 3.65. The highest BCUT2D eigenvalue weighted by atomic mass is 79.9. The van der Waals surface area contributed by atoms with Crippen molar-refractivity contribution in [2.75, 3.05) is 6.61 Å². The quantitative estimate of drug-likeness (QED) is 0.449. The first-order valence-corrected chi connectivity index (χ1v) is 8.15. The lowest BCUT2D eigenvalue weighted by Gasteiger charge is -2.29. The van der Waals surface area contributed by atoms with Gasteiger partial charge in [-0.2, -0.15) is 0 Å². The van der Waals surface area contributed by atoms with Crippen molar-refractivity contribution in [2.24, 2.45) is 0 Å². The topological polar surface area (TPSA) is 61.8 Å². The van der Waals surface area contributed by atoms with Gasteiger partial charge in [0.1, 0.15) is 24.9 Å². The highest BCUT2D eigenvalue weighted by molar-refractivity contribution is 9.10. The second-order valence-electron chi connectivity index (χ2n) is 5.13. The number of halogens is 1. The Morgan fingerprint density at radius 2 is 1.88 bits per heavy atom. The fourth-order valence-electron chi connectivity index (χ4n) is 2.06. The maximum atomic E-state index is 11.2. The van der Waals surface area contributed by atoms with Crippen molar-refractivity contribution < 1.29 is 23.8 Å². The fraction of sp³-hybridized carbons (Fsp3) is 0.333. The van der Waals surface area contributed by atoms with E-state index in [-0.39, 0.29) is 6.61 Å². The van der Waals surface area contributed by atoms with Gasteiger partial charge in [-0.15, -0.1) is 0 Å². The largest absolute Gasteiger partial charge is 0.463 e. The molecule has 0 amide bonds. The molecule has 126 valence electrons. The Kier molecular flexibility index (Phi) is 6.59. The summed E-state index contributed by atoms with van der Waals surface area (Å²) < 4.78 is 16.9. The maximum absolute atomic E-state index is 11.2. The molecule has 2 rings (SSSR count). The SMILES string of the molecule is CC(=O)OC[C@H]1O[C@H](C#Cc2ccc(Br)cc2)C=C[C@H]1OC(C)=O. The van der Waals surface area contributed by atoms with Gasteiger partial charge in [0.05, 0.1) is 0 Å². The zero-order chi connectivity index (χ0) is 17.5. The van der Waals surface area contributed by atoms with E-state index >= 15 is 0 Å². The van der Waals surface area contributed by atoms with Crippen LogP contribution in [0.1, 0.15) is 19.4 Å². The summed E-state index contributed by atoms with van der Waals surface area (Å²) in [5.74, 6) is 5.16. The van der Waals surface area contributed by atoms with Gasteiger partial charge in [-0.25, -0.2) is 0 Å². The number of rotatable bonds is 3. The highest BCUT2D eigenvalue weighted by Gasteiger charge is 2.29. The van der Waals surface area contributed by atoms with Gasteiger partial charge in [0.15, 0.2) is 0 Å². The van der Waals surface area contributed by atoms with Crippen molar-refractivity contribution in [1.29, 1.82) is 0 Å². The predicted molar refractivity (Wildman–Crippen MR) is 91.0 cm³/mol. The van der Waals surface area contributed by atoms with Crippen molar-refractivity contribution in [3.8, 4) is 11.8 Å². The van der Waals surface area contributed by atoms with Gasteiger partial charge in [0.25, 0.3) is 0 Å². The first-order valence-electron chi connectivity index (χ1n) is 7.35. The van der Waals surface area contributed by atoms with Crippen LogP contribution in [0, 0.1) is 11.8 Å². The number of benzene rings is 1. The Labute approximate surface area is 149 Å². The van der Waals surface area contributed by atoms with Crippen molar-refractivity contribution in [3.05, 3.63) is 46.5 Å². The average Bonchev–Trinajstić information content (AvgIpc) is 2.53. The normalized spacial score (nSPS) is 22.2. The van der Waals surface area contributed by atoms with E-state index in [2.05, 4.69) is 27.8 Å². The zero-order valence-electron chi connectivity index (χ0n) is 13.3. The molecule has 1 aromatic rings. The molecular weight excluding hydrogens is 376 g/mol. The van der Waals surface area contributed by atoms with Crippen molar-refractivity contribution >= 4 is 27.9 Å². The zero-order valence-corrected chi connectivity index (χ0v) is 14.9. The minimum atomic E-state index is -0.604. The molecule has 5 nitrogen and oxygen atoms in total. The first kappa shape index (κ1) is 18.2. The summed E-state index contributed by atoms with van der Waals surface area (Å²) >= 11 is 3.37. The molecule has 0 saturated heterocycles. The third-order valence-electron chi connectivity index (χ3n) is 3.12. The second-order valence-corrected chi connectivity index (χ2v) is 6.05. The molecule has 0 spiro atoms. The molecule has 0 aromatic heterocycles. The van der Waals surface area contributed by atoms with Crippen LogP contribution >= 0.6 is 15.9 Å². The minimum Gasteiger partial charge on any atom is -0.463 e. The van der Waals surface area contributed by atoms with E-state index in [1.54, 1.807) is 12.2 Å². The molecule has 1 heterocycles. The Morgan fingerprint density at radius 1 is 1.17 bits per heavy atom. The first-order chi connectivity index (χ1) is 11.4. The Balaban J connectivity index is 2.08. The van der Waals surface area contributed by atoms with Crippen LogP contribution < -0.4 is 0 Å². The molecule has 0 radical (unpaired) electrons. The second kappa shape index (κ2) is 8.67. The summed E-state index contributed by atoms with van der Waals surface area (Å²) in [6.45, 7) is 2.62. The number of hydrogen-bond acceptors (Lipinski definition) is 5. The predicted octanol–water partition coefficient (Wildman–Crippen LogP) is 2.62. The molecule has 3 atom stereocenters. The summed E-state index contributed by atoms with van der Waals surface area (Å²) in [5.41, 5.74) is 0.855. The summed E-state index contributed by atoms with van der Waals surface area (Å²) in [7, 11) is 0. The van der Waals surface area contributed by atoms with Crippen LogP contribution in [0.5, 0.6) is 0 Å². The molecule has 0 saturated carbocycles. The molecule has 6 heteroatoms. The highest BCUT2D eigenvalue weighted by Crippen LogP contribution is 2.17. The third kappa shape index (κ3) is 5.84. The van der Waals surface area contributed by atoms with E-state index in [4.69, 9.17) is 14.2 Å². The van der Waals surface area contributed by atoms with Gasteiger partial charge in [0.2, 0.25) is 0 Å². The lowest BCUT2D eigenvalue weighted by Crippen LogP contribution is -2.41. The lowest BCUT2D eigenvalue weighted by atomic mass is 10.1. The Hall–Kier alpha value is -2.10. The molecule has 24 heavy (non-hydrogen) atoms. The smallest absolute Gasteiger partial charge is 0.303 e. The van der Waals surface area contributed by atoms with Crippen molar-refractivity contribution in [2.45, 2.75) is 32.2 Å². The summed E-state index contributed by atoms with van der Waals surface area (Å²) in [4.78, 5) is 22.2. The number of esters is 2. The Morgan fingerprint density at radius 3 is 2.50 bits per heavy atom. The monoisotopic (exact) mass is 392 g/mol. The van der Waals surface area contributed by atoms with Gasteiger partial charge in [-0.1, -0.05) is 27.8 Å². The number of hydrogen-bond donors (Lipinski definition) is 0. The van der Waals surface area contributed by atoms with Crippen molar-refractivity contribution in [1.82, 2.24) is 0 Å². The molecule has 1 aliphatic heterocycles. The summed E-state index contributed by atoms with van der Waals surface area (Å²) in [6.07, 6.45) is 1.77.